The Kier molecular flexibility index (Phi) is 35.5. The lowest BCUT2D eigenvalue weighted by Gasteiger charge is -2.40. The standard InChI is InChI=1S/C49H82O12S/c1-3-5-7-9-11-13-15-17-19-20-21-22-24-25-27-29-31-33-35-37-44(50)58-39-42(40-59-49-48(54)47(53)46(52)43(61-49)41-62(55,56)57)60-45(51)38-36-34-32-30-28-26-23-18-16-14-12-10-8-6-4-2/h4-5,7,11,13,17,19,21-22,25,27,42-43,46-49,52-54H,2-3,6,8-10,12,14-16,18,20,23-24,26,28-41H2,1H3,(H,55,56,57)/b7-5+,13-11+,19-17+,22-21+,27-25+/t42-,43-,46-,47?,48?,49+/m1/s1. The van der Waals surface area contributed by atoms with Crippen molar-refractivity contribution in [2.75, 3.05) is 19.0 Å². The van der Waals surface area contributed by atoms with E-state index in [0.717, 1.165) is 77.0 Å². The van der Waals surface area contributed by atoms with Crippen molar-refractivity contribution in [1.82, 2.24) is 0 Å². The Balaban J connectivity index is 2.45. The number of hydrogen-bond donors (Lipinski definition) is 4. The van der Waals surface area contributed by atoms with E-state index in [1.165, 1.54) is 57.8 Å². The number of carbonyl (C=O) groups excluding carboxylic acids is 2. The Morgan fingerprint density at radius 3 is 1.56 bits per heavy atom. The van der Waals surface area contributed by atoms with Crippen LogP contribution in [-0.2, 0) is 38.7 Å². The van der Waals surface area contributed by atoms with E-state index in [0.29, 0.717) is 12.8 Å². The Morgan fingerprint density at radius 1 is 0.597 bits per heavy atom. The van der Waals surface area contributed by atoms with Gasteiger partial charge in [0, 0.05) is 12.8 Å². The molecule has 0 aliphatic carbocycles. The van der Waals surface area contributed by atoms with Crippen molar-refractivity contribution >= 4 is 22.1 Å². The number of ether oxygens (including phenoxy) is 4. The van der Waals surface area contributed by atoms with E-state index in [2.05, 4.69) is 74.3 Å². The molecule has 1 saturated heterocycles. The van der Waals surface area contributed by atoms with Gasteiger partial charge in [-0.15, -0.1) is 6.58 Å². The fourth-order valence-electron chi connectivity index (χ4n) is 6.80. The molecule has 4 N–H and O–H groups in total. The molecule has 2 unspecified atom stereocenters. The Morgan fingerprint density at radius 2 is 1.05 bits per heavy atom. The van der Waals surface area contributed by atoms with Gasteiger partial charge in [-0.2, -0.15) is 8.42 Å². The third-order valence-corrected chi connectivity index (χ3v) is 11.2. The lowest BCUT2D eigenvalue weighted by molar-refractivity contribution is -0.297. The van der Waals surface area contributed by atoms with Crippen molar-refractivity contribution in [3.8, 4) is 0 Å². The van der Waals surface area contributed by atoms with Gasteiger partial charge in [0.1, 0.15) is 36.8 Å². The fourth-order valence-corrected chi connectivity index (χ4v) is 7.49. The highest BCUT2D eigenvalue weighted by Gasteiger charge is 2.46. The largest absolute Gasteiger partial charge is 0.462 e. The average molecular weight is 895 g/mol. The summed E-state index contributed by atoms with van der Waals surface area (Å²) in [6.07, 6.45) is 38.3. The predicted molar refractivity (Wildman–Crippen MR) is 247 cm³/mol. The number of aliphatic hydroxyl groups is 3. The monoisotopic (exact) mass is 895 g/mol. The summed E-state index contributed by atoms with van der Waals surface area (Å²) in [4.78, 5) is 25.4. The number of esters is 2. The van der Waals surface area contributed by atoms with Crippen LogP contribution >= 0.6 is 0 Å². The highest BCUT2D eigenvalue weighted by Crippen LogP contribution is 2.24. The fraction of sp³-hybridized carbons (Fsp3) is 0.714. The van der Waals surface area contributed by atoms with Crippen LogP contribution in [0.3, 0.4) is 0 Å². The molecule has 62 heavy (non-hydrogen) atoms. The van der Waals surface area contributed by atoms with Gasteiger partial charge in [0.05, 0.1) is 6.61 Å². The maximum absolute atomic E-state index is 12.8. The molecule has 1 aliphatic heterocycles. The summed E-state index contributed by atoms with van der Waals surface area (Å²) in [6.45, 7) is 5.14. The summed E-state index contributed by atoms with van der Waals surface area (Å²) in [5.74, 6) is -2.03. The lowest BCUT2D eigenvalue weighted by atomic mass is 10.00. The van der Waals surface area contributed by atoms with Gasteiger partial charge in [-0.3, -0.25) is 14.1 Å². The Bertz CT molecular complexity index is 1410. The normalized spacial score (nSPS) is 20.3. The minimum Gasteiger partial charge on any atom is -0.462 e. The van der Waals surface area contributed by atoms with Crippen LogP contribution in [0.2, 0.25) is 0 Å². The zero-order valence-corrected chi connectivity index (χ0v) is 38.6. The molecule has 0 spiro atoms. The van der Waals surface area contributed by atoms with Crippen LogP contribution in [0.15, 0.2) is 73.4 Å². The molecule has 0 radical (unpaired) electrons. The van der Waals surface area contributed by atoms with Gasteiger partial charge in [-0.05, 0) is 70.6 Å². The van der Waals surface area contributed by atoms with Crippen LogP contribution in [0, 0.1) is 0 Å². The first-order valence-corrected chi connectivity index (χ1v) is 25.1. The second kappa shape index (κ2) is 38.5. The van der Waals surface area contributed by atoms with Crippen molar-refractivity contribution in [3.63, 3.8) is 0 Å². The number of aliphatic hydroxyl groups excluding tert-OH is 3. The van der Waals surface area contributed by atoms with Gasteiger partial charge in [0.25, 0.3) is 10.1 Å². The summed E-state index contributed by atoms with van der Waals surface area (Å²) >= 11 is 0. The molecule has 13 heteroatoms. The number of allylic oxidation sites excluding steroid dienone is 11. The average Bonchev–Trinajstić information content (AvgIpc) is 3.24. The summed E-state index contributed by atoms with van der Waals surface area (Å²) in [7, 11) is -4.61. The van der Waals surface area contributed by atoms with Crippen LogP contribution in [0.25, 0.3) is 0 Å². The topological polar surface area (TPSA) is 186 Å². The third kappa shape index (κ3) is 32.7. The summed E-state index contributed by atoms with van der Waals surface area (Å²) in [5, 5.41) is 30.9. The van der Waals surface area contributed by atoms with E-state index in [4.69, 9.17) is 18.9 Å². The van der Waals surface area contributed by atoms with Crippen LogP contribution in [0.1, 0.15) is 167 Å². The molecule has 0 aromatic carbocycles. The van der Waals surface area contributed by atoms with Gasteiger partial charge in [0.15, 0.2) is 12.4 Å². The second-order valence-electron chi connectivity index (χ2n) is 16.1. The zero-order chi connectivity index (χ0) is 45.5. The minimum atomic E-state index is -4.61. The predicted octanol–water partition coefficient (Wildman–Crippen LogP) is 9.89. The molecule has 0 aromatic rings. The molecule has 1 aliphatic rings. The van der Waals surface area contributed by atoms with Crippen LogP contribution in [0.4, 0.5) is 0 Å². The van der Waals surface area contributed by atoms with Gasteiger partial charge < -0.3 is 34.3 Å². The van der Waals surface area contributed by atoms with Crippen LogP contribution in [-0.4, -0.2) is 96.0 Å². The third-order valence-electron chi connectivity index (χ3n) is 10.4. The quantitative estimate of drug-likeness (QED) is 0.0198. The highest BCUT2D eigenvalue weighted by molar-refractivity contribution is 7.85. The van der Waals surface area contributed by atoms with Crippen LogP contribution < -0.4 is 0 Å². The van der Waals surface area contributed by atoms with Crippen molar-refractivity contribution in [1.29, 1.82) is 0 Å². The number of unbranched alkanes of at least 4 members (excludes halogenated alkanes) is 16. The molecule has 1 rings (SSSR count). The van der Waals surface area contributed by atoms with Crippen molar-refractivity contribution in [2.24, 2.45) is 0 Å². The number of carbonyl (C=O) groups is 2. The first-order valence-electron chi connectivity index (χ1n) is 23.5. The molecule has 356 valence electrons. The molecule has 1 heterocycles. The lowest BCUT2D eigenvalue weighted by Crippen LogP contribution is -2.60. The van der Waals surface area contributed by atoms with E-state index < -0.39 is 71.2 Å². The molecule has 12 nitrogen and oxygen atoms in total. The molecule has 0 amide bonds. The van der Waals surface area contributed by atoms with E-state index in [-0.39, 0.29) is 19.4 Å². The smallest absolute Gasteiger partial charge is 0.306 e. The van der Waals surface area contributed by atoms with Gasteiger partial charge >= 0.3 is 11.9 Å². The first kappa shape index (κ1) is 57.1. The minimum absolute atomic E-state index is 0.152. The molecule has 0 bridgehead atoms. The summed E-state index contributed by atoms with van der Waals surface area (Å²) < 4.78 is 54.1. The van der Waals surface area contributed by atoms with E-state index in [1.54, 1.807) is 0 Å². The van der Waals surface area contributed by atoms with Crippen molar-refractivity contribution < 1.29 is 56.8 Å². The molecular formula is C49H82O12S. The van der Waals surface area contributed by atoms with E-state index >= 15 is 0 Å². The summed E-state index contributed by atoms with van der Waals surface area (Å²) in [6, 6.07) is 0. The van der Waals surface area contributed by atoms with Gasteiger partial charge in [0.2, 0.25) is 0 Å². The Labute approximate surface area is 374 Å². The van der Waals surface area contributed by atoms with Crippen molar-refractivity contribution in [2.45, 2.75) is 204 Å². The van der Waals surface area contributed by atoms with Crippen molar-refractivity contribution in [3.05, 3.63) is 73.4 Å². The SMILES string of the molecule is C=CCCCCCCCCCCCCCCCC(=O)O[C@H](COC(=O)CCCCC/C=C/C/C=C/C/C=C/C/C=C/C/C=C/CC)CO[C@H]1O[C@H](CS(=O)(=O)O)[C@@H](O)C(O)C1O. The maximum atomic E-state index is 12.8. The van der Waals surface area contributed by atoms with Gasteiger partial charge in [-0.25, -0.2) is 0 Å². The molecule has 1 fully saturated rings. The molecule has 6 atom stereocenters. The van der Waals surface area contributed by atoms with E-state index in [9.17, 15) is 37.9 Å². The number of hydrogen-bond acceptors (Lipinski definition) is 11. The van der Waals surface area contributed by atoms with Crippen LogP contribution in [0.5, 0.6) is 0 Å². The van der Waals surface area contributed by atoms with Gasteiger partial charge in [-0.1, -0.05) is 151 Å². The zero-order valence-electron chi connectivity index (χ0n) is 37.8. The first-order chi connectivity index (χ1) is 30.0. The Hall–Kier alpha value is -2.91. The number of rotatable bonds is 39. The summed E-state index contributed by atoms with van der Waals surface area (Å²) in [5.41, 5.74) is 0. The molecule has 0 saturated carbocycles. The molecular weight excluding hydrogens is 813 g/mol. The molecule has 0 aromatic heterocycles. The maximum Gasteiger partial charge on any atom is 0.306 e. The highest BCUT2D eigenvalue weighted by atomic mass is 32.2. The second-order valence-corrected chi connectivity index (χ2v) is 17.6. The van der Waals surface area contributed by atoms with E-state index in [1.807, 2.05) is 6.08 Å².